The van der Waals surface area contributed by atoms with Gasteiger partial charge in [-0.15, -0.1) is 5.10 Å². The molecule has 0 atom stereocenters. The number of fused-ring (bicyclic) bond motifs is 2. The normalized spacial score (nSPS) is 12.2. The lowest BCUT2D eigenvalue weighted by molar-refractivity contribution is -0.121. The standard InChI is InChI=1S/C21H18N6O5/c1-30-15-5-3-14(4-6-15)27-20-19(24-25-27)21(29)26(11-23-20)10-18(28)22-9-13-2-7-16-17(8-13)32-12-31-16/h2-8,11H,9-10,12H2,1H3,(H,22,28). The monoisotopic (exact) mass is 434 g/mol. The highest BCUT2D eigenvalue weighted by Crippen LogP contribution is 2.32. The minimum Gasteiger partial charge on any atom is -0.497 e. The molecule has 11 heteroatoms. The second-order valence-corrected chi connectivity index (χ2v) is 7.01. The molecule has 1 N–H and O–H groups in total. The third kappa shape index (κ3) is 3.60. The molecular formula is C21H18N6O5. The molecule has 32 heavy (non-hydrogen) atoms. The fourth-order valence-corrected chi connectivity index (χ4v) is 3.32. The Morgan fingerprint density at radius 1 is 1.16 bits per heavy atom. The summed E-state index contributed by atoms with van der Waals surface area (Å²) in [7, 11) is 1.58. The summed E-state index contributed by atoms with van der Waals surface area (Å²) in [6, 6.07) is 12.5. The number of hydrogen-bond donors (Lipinski definition) is 1. The zero-order valence-corrected chi connectivity index (χ0v) is 17.0. The Labute approximate surface area is 181 Å². The highest BCUT2D eigenvalue weighted by molar-refractivity contribution is 5.76. The van der Waals surface area contributed by atoms with Crippen LogP contribution in [0.1, 0.15) is 5.56 Å². The van der Waals surface area contributed by atoms with E-state index in [2.05, 4.69) is 20.6 Å². The summed E-state index contributed by atoms with van der Waals surface area (Å²) < 4.78 is 18.4. The second-order valence-electron chi connectivity index (χ2n) is 7.01. The molecule has 0 saturated carbocycles. The van der Waals surface area contributed by atoms with Crippen LogP contribution in [0, 0.1) is 0 Å². The van der Waals surface area contributed by atoms with Crippen LogP contribution in [0.3, 0.4) is 0 Å². The quantitative estimate of drug-likeness (QED) is 0.478. The molecule has 2 aromatic heterocycles. The van der Waals surface area contributed by atoms with E-state index in [0.29, 0.717) is 28.6 Å². The molecule has 5 rings (SSSR count). The van der Waals surface area contributed by atoms with Crippen molar-refractivity contribution in [1.29, 1.82) is 0 Å². The lowest BCUT2D eigenvalue weighted by Gasteiger charge is -2.08. The van der Waals surface area contributed by atoms with E-state index in [1.54, 1.807) is 43.5 Å². The lowest BCUT2D eigenvalue weighted by Crippen LogP contribution is -2.32. The molecule has 4 aromatic rings. The number of aromatic nitrogens is 5. The van der Waals surface area contributed by atoms with Gasteiger partial charge in [0.15, 0.2) is 22.7 Å². The van der Waals surface area contributed by atoms with Gasteiger partial charge in [0.1, 0.15) is 18.6 Å². The average Bonchev–Trinajstić information content (AvgIpc) is 3.46. The molecule has 0 spiro atoms. The van der Waals surface area contributed by atoms with Crippen LogP contribution in [0.15, 0.2) is 53.6 Å². The highest BCUT2D eigenvalue weighted by atomic mass is 16.7. The van der Waals surface area contributed by atoms with Gasteiger partial charge in [-0.3, -0.25) is 14.2 Å². The number of nitrogens with zero attached hydrogens (tertiary/aromatic N) is 5. The van der Waals surface area contributed by atoms with Gasteiger partial charge in [-0.25, -0.2) is 4.98 Å². The number of amides is 1. The van der Waals surface area contributed by atoms with Gasteiger partial charge in [-0.05, 0) is 42.0 Å². The summed E-state index contributed by atoms with van der Waals surface area (Å²) in [6.45, 7) is 0.280. The number of carbonyl (C=O) groups is 1. The van der Waals surface area contributed by atoms with Crippen molar-refractivity contribution in [2.45, 2.75) is 13.1 Å². The van der Waals surface area contributed by atoms with Gasteiger partial charge in [-0.2, -0.15) is 4.68 Å². The first-order valence-electron chi connectivity index (χ1n) is 9.73. The van der Waals surface area contributed by atoms with E-state index in [9.17, 15) is 9.59 Å². The number of nitrogens with one attached hydrogen (secondary N) is 1. The maximum atomic E-state index is 12.8. The predicted molar refractivity (Wildman–Crippen MR) is 112 cm³/mol. The van der Waals surface area contributed by atoms with Crippen LogP contribution in [-0.2, 0) is 17.9 Å². The minimum atomic E-state index is -0.451. The van der Waals surface area contributed by atoms with E-state index in [-0.39, 0.29) is 31.3 Å². The second kappa shape index (κ2) is 8.02. The van der Waals surface area contributed by atoms with Crippen LogP contribution in [0.2, 0.25) is 0 Å². The van der Waals surface area contributed by atoms with Gasteiger partial charge in [0.05, 0.1) is 12.8 Å². The van der Waals surface area contributed by atoms with Gasteiger partial charge < -0.3 is 19.5 Å². The van der Waals surface area contributed by atoms with E-state index < -0.39 is 5.56 Å². The van der Waals surface area contributed by atoms with Crippen molar-refractivity contribution < 1.29 is 19.0 Å². The molecule has 1 aliphatic heterocycles. The number of benzene rings is 2. The highest BCUT2D eigenvalue weighted by Gasteiger charge is 2.16. The fourth-order valence-electron chi connectivity index (χ4n) is 3.32. The Balaban J connectivity index is 1.30. The van der Waals surface area contributed by atoms with Gasteiger partial charge in [-0.1, -0.05) is 11.3 Å². The number of ether oxygens (including phenoxy) is 3. The number of carbonyl (C=O) groups excluding carboxylic acids is 1. The van der Waals surface area contributed by atoms with Crippen molar-refractivity contribution in [1.82, 2.24) is 29.9 Å². The third-order valence-corrected chi connectivity index (χ3v) is 4.99. The lowest BCUT2D eigenvalue weighted by atomic mass is 10.2. The summed E-state index contributed by atoms with van der Waals surface area (Å²) >= 11 is 0. The first-order chi connectivity index (χ1) is 15.6. The van der Waals surface area contributed by atoms with Crippen molar-refractivity contribution in [3.8, 4) is 22.9 Å². The minimum absolute atomic E-state index is 0.0758. The van der Waals surface area contributed by atoms with Gasteiger partial charge in [0, 0.05) is 6.54 Å². The smallest absolute Gasteiger partial charge is 0.284 e. The molecule has 0 fully saturated rings. The molecule has 0 unspecified atom stereocenters. The maximum Gasteiger partial charge on any atom is 0.284 e. The number of hydrogen-bond acceptors (Lipinski definition) is 8. The molecule has 0 radical (unpaired) electrons. The Bertz CT molecular complexity index is 1360. The SMILES string of the molecule is COc1ccc(-n2nnc3c(=O)n(CC(=O)NCc4ccc5c(c4)OCO5)cnc32)cc1. The zero-order chi connectivity index (χ0) is 22.1. The molecule has 2 aromatic carbocycles. The number of rotatable bonds is 6. The van der Waals surface area contributed by atoms with Crippen molar-refractivity contribution >= 4 is 17.1 Å². The van der Waals surface area contributed by atoms with Crippen LogP contribution < -0.4 is 25.1 Å². The van der Waals surface area contributed by atoms with Crippen LogP contribution in [0.5, 0.6) is 17.2 Å². The summed E-state index contributed by atoms with van der Waals surface area (Å²) in [4.78, 5) is 29.5. The van der Waals surface area contributed by atoms with E-state index >= 15 is 0 Å². The largest absolute Gasteiger partial charge is 0.497 e. The van der Waals surface area contributed by atoms with Crippen LogP contribution in [0.4, 0.5) is 0 Å². The fraction of sp³-hybridized carbons (Fsp3) is 0.190. The molecule has 0 aliphatic carbocycles. The van der Waals surface area contributed by atoms with E-state index in [1.165, 1.54) is 15.6 Å². The van der Waals surface area contributed by atoms with Crippen molar-refractivity contribution in [2.24, 2.45) is 0 Å². The molecule has 1 amide bonds. The molecule has 162 valence electrons. The molecule has 0 bridgehead atoms. The molecule has 0 saturated heterocycles. The first-order valence-corrected chi connectivity index (χ1v) is 9.73. The van der Waals surface area contributed by atoms with Crippen LogP contribution in [-0.4, -0.2) is 44.4 Å². The Morgan fingerprint density at radius 3 is 2.78 bits per heavy atom. The molecule has 3 heterocycles. The summed E-state index contributed by atoms with van der Waals surface area (Å²) in [5.74, 6) is 1.67. The van der Waals surface area contributed by atoms with Crippen molar-refractivity contribution in [2.75, 3.05) is 13.9 Å². The maximum absolute atomic E-state index is 12.8. The molecular weight excluding hydrogens is 416 g/mol. The Hall–Kier alpha value is -4.41. The summed E-state index contributed by atoms with van der Waals surface area (Å²) in [5.41, 5.74) is 1.46. The Morgan fingerprint density at radius 2 is 1.97 bits per heavy atom. The van der Waals surface area contributed by atoms with E-state index in [0.717, 1.165) is 5.56 Å². The summed E-state index contributed by atoms with van der Waals surface area (Å²) in [5, 5.41) is 10.8. The molecule has 11 nitrogen and oxygen atoms in total. The van der Waals surface area contributed by atoms with Gasteiger partial charge in [0.2, 0.25) is 12.7 Å². The third-order valence-electron chi connectivity index (χ3n) is 4.99. The predicted octanol–water partition coefficient (Wildman–Crippen LogP) is 1.03. The van der Waals surface area contributed by atoms with Crippen molar-refractivity contribution in [3.05, 3.63) is 64.7 Å². The van der Waals surface area contributed by atoms with Crippen molar-refractivity contribution in [3.63, 3.8) is 0 Å². The van der Waals surface area contributed by atoms with Crippen LogP contribution >= 0.6 is 0 Å². The van der Waals surface area contributed by atoms with Crippen LogP contribution in [0.25, 0.3) is 16.9 Å². The van der Waals surface area contributed by atoms with E-state index in [1.807, 2.05) is 6.07 Å². The number of methoxy groups -OCH3 is 1. The van der Waals surface area contributed by atoms with E-state index in [4.69, 9.17) is 14.2 Å². The first kappa shape index (κ1) is 19.5. The average molecular weight is 434 g/mol. The van der Waals surface area contributed by atoms with Gasteiger partial charge in [0.25, 0.3) is 5.56 Å². The summed E-state index contributed by atoms with van der Waals surface area (Å²) in [6.07, 6.45) is 1.31. The topological polar surface area (TPSA) is 122 Å². The zero-order valence-electron chi connectivity index (χ0n) is 17.0. The Kier molecular flexibility index (Phi) is 4.90. The van der Waals surface area contributed by atoms with Gasteiger partial charge >= 0.3 is 0 Å². The molecule has 1 aliphatic rings.